The molecule has 24 heavy (non-hydrogen) atoms. The Bertz CT molecular complexity index is 752. The maximum Gasteiger partial charge on any atom is 0.273 e. The van der Waals surface area contributed by atoms with Gasteiger partial charge in [0.25, 0.3) is 5.91 Å². The molecule has 2 rings (SSSR count). The normalized spacial score (nSPS) is 10.1. The van der Waals surface area contributed by atoms with Crippen LogP contribution in [0.3, 0.4) is 0 Å². The van der Waals surface area contributed by atoms with Crippen molar-refractivity contribution in [2.24, 2.45) is 0 Å². The highest BCUT2D eigenvalue weighted by molar-refractivity contribution is 8.00. The predicted molar refractivity (Wildman–Crippen MR) is 95.5 cm³/mol. The van der Waals surface area contributed by atoms with E-state index in [9.17, 15) is 9.59 Å². The smallest absolute Gasteiger partial charge is 0.273 e. The highest BCUT2D eigenvalue weighted by atomic mass is 35.5. The summed E-state index contributed by atoms with van der Waals surface area (Å²) in [5.74, 6) is -0.242. The van der Waals surface area contributed by atoms with Crippen LogP contribution in [0.15, 0.2) is 47.4 Å². The highest BCUT2D eigenvalue weighted by Gasteiger charge is 2.13. The van der Waals surface area contributed by atoms with Gasteiger partial charge in [-0.15, -0.1) is 11.8 Å². The molecule has 0 aliphatic carbocycles. The number of aryl methyl sites for hydroxylation is 1. The molecule has 0 heterocycles. The molecule has 0 spiro atoms. The Hall–Kier alpha value is -2.18. The second kappa shape index (κ2) is 8.61. The molecule has 0 aliphatic heterocycles. The number of rotatable bonds is 5. The largest absolute Gasteiger partial charge is 0.496 e. The van der Waals surface area contributed by atoms with E-state index < -0.39 is 5.91 Å². The van der Waals surface area contributed by atoms with Gasteiger partial charge in [-0.1, -0.05) is 29.8 Å². The Morgan fingerprint density at radius 2 is 1.92 bits per heavy atom. The lowest BCUT2D eigenvalue weighted by Gasteiger charge is -2.11. The maximum absolute atomic E-state index is 12.1. The fourth-order valence-corrected chi connectivity index (χ4v) is 2.94. The molecule has 0 bridgehead atoms. The van der Waals surface area contributed by atoms with Gasteiger partial charge in [0.15, 0.2) is 0 Å². The van der Waals surface area contributed by atoms with Gasteiger partial charge in [-0.05, 0) is 36.8 Å². The van der Waals surface area contributed by atoms with Crippen molar-refractivity contribution in [3.63, 3.8) is 0 Å². The quantitative estimate of drug-likeness (QED) is 0.631. The fourth-order valence-electron chi connectivity index (χ4n) is 1.94. The number of hydrogen-bond acceptors (Lipinski definition) is 4. The van der Waals surface area contributed by atoms with E-state index in [-0.39, 0.29) is 17.2 Å². The lowest BCUT2D eigenvalue weighted by Crippen LogP contribution is -2.42. The molecule has 0 aromatic heterocycles. The summed E-state index contributed by atoms with van der Waals surface area (Å²) in [4.78, 5) is 25.0. The van der Waals surface area contributed by atoms with E-state index in [1.54, 1.807) is 6.07 Å². The lowest BCUT2D eigenvalue weighted by molar-refractivity contribution is -0.119. The molecule has 7 heteroatoms. The van der Waals surface area contributed by atoms with Crippen molar-refractivity contribution in [2.75, 3.05) is 12.9 Å². The van der Waals surface area contributed by atoms with Crippen molar-refractivity contribution in [1.82, 2.24) is 10.9 Å². The van der Waals surface area contributed by atoms with Gasteiger partial charge in [0.05, 0.1) is 18.4 Å². The number of ether oxygens (including phenoxy) is 1. The minimum atomic E-state index is -0.474. The average molecular weight is 365 g/mol. The van der Waals surface area contributed by atoms with Gasteiger partial charge < -0.3 is 4.74 Å². The molecule has 0 saturated heterocycles. The molecule has 0 radical (unpaired) electrons. The maximum atomic E-state index is 12.1. The lowest BCUT2D eigenvalue weighted by atomic mass is 10.2. The van der Waals surface area contributed by atoms with Crippen molar-refractivity contribution >= 4 is 35.2 Å². The molecule has 2 N–H and O–H groups in total. The zero-order chi connectivity index (χ0) is 17.5. The van der Waals surface area contributed by atoms with E-state index in [0.717, 1.165) is 10.5 Å². The molecular weight excluding hydrogens is 348 g/mol. The van der Waals surface area contributed by atoms with Crippen LogP contribution in [-0.2, 0) is 4.79 Å². The third-order valence-electron chi connectivity index (χ3n) is 3.18. The second-order valence-corrected chi connectivity index (χ2v) is 6.35. The summed E-state index contributed by atoms with van der Waals surface area (Å²) in [5.41, 5.74) is 6.15. The van der Waals surface area contributed by atoms with E-state index >= 15 is 0 Å². The minimum Gasteiger partial charge on any atom is -0.496 e. The van der Waals surface area contributed by atoms with Crippen molar-refractivity contribution in [1.29, 1.82) is 0 Å². The summed E-state index contributed by atoms with van der Waals surface area (Å²) in [6.45, 7) is 1.98. The predicted octanol–water partition coefficient (Wildman–Crippen LogP) is 3.21. The first-order valence-electron chi connectivity index (χ1n) is 7.12. The topological polar surface area (TPSA) is 67.4 Å². The van der Waals surface area contributed by atoms with E-state index in [4.69, 9.17) is 16.3 Å². The Morgan fingerprint density at radius 1 is 1.17 bits per heavy atom. The molecule has 126 valence electrons. The van der Waals surface area contributed by atoms with Crippen molar-refractivity contribution in [2.45, 2.75) is 11.8 Å². The number of hydrogen-bond donors (Lipinski definition) is 2. The summed E-state index contributed by atoms with van der Waals surface area (Å²) in [7, 11) is 1.44. The minimum absolute atomic E-state index is 0.197. The molecule has 0 saturated carbocycles. The molecule has 0 aliphatic rings. The first kappa shape index (κ1) is 18.2. The summed E-state index contributed by atoms with van der Waals surface area (Å²) < 4.78 is 5.11. The fraction of sp³-hybridized carbons (Fsp3) is 0.176. The van der Waals surface area contributed by atoms with Crippen LogP contribution in [0.5, 0.6) is 5.75 Å². The molecule has 0 unspecified atom stereocenters. The summed E-state index contributed by atoms with van der Waals surface area (Å²) >= 11 is 7.26. The van der Waals surface area contributed by atoms with Crippen molar-refractivity contribution in [3.8, 4) is 5.75 Å². The second-order valence-electron chi connectivity index (χ2n) is 4.90. The number of halogens is 1. The summed E-state index contributed by atoms with van der Waals surface area (Å²) in [5, 5.41) is 0.460. The standard InChI is InChI=1S/C17H17ClN2O3S/c1-11-5-3-4-6-15(11)24-10-16(21)19-20-17(22)13-8-7-12(18)9-14(13)23-2/h3-9H,10H2,1-2H3,(H,19,21)(H,20,22). The van der Waals surface area contributed by atoms with Gasteiger partial charge in [-0.25, -0.2) is 0 Å². The number of nitrogens with one attached hydrogen (secondary N) is 2. The van der Waals surface area contributed by atoms with Crippen LogP contribution in [0.25, 0.3) is 0 Å². The monoisotopic (exact) mass is 364 g/mol. The first-order chi connectivity index (χ1) is 11.5. The molecule has 2 aromatic carbocycles. The van der Waals surface area contributed by atoms with Gasteiger partial charge in [-0.3, -0.25) is 20.4 Å². The molecule has 2 aromatic rings. The molecular formula is C17H17ClN2O3S. The Kier molecular flexibility index (Phi) is 6.52. The van der Waals surface area contributed by atoms with Crippen molar-refractivity contribution in [3.05, 3.63) is 58.6 Å². The van der Waals surface area contributed by atoms with Crippen molar-refractivity contribution < 1.29 is 14.3 Å². The van der Waals surface area contributed by atoms with Gasteiger partial charge in [-0.2, -0.15) is 0 Å². The van der Waals surface area contributed by atoms with E-state index in [2.05, 4.69) is 10.9 Å². The van der Waals surface area contributed by atoms with E-state index in [1.807, 2.05) is 31.2 Å². The van der Waals surface area contributed by atoms with Crippen LogP contribution in [0.1, 0.15) is 15.9 Å². The third-order valence-corrected chi connectivity index (χ3v) is 4.59. The Labute approximate surface area is 149 Å². The summed E-state index contributed by atoms with van der Waals surface area (Å²) in [6, 6.07) is 12.4. The third kappa shape index (κ3) is 4.91. The molecule has 2 amide bonds. The van der Waals surface area contributed by atoms with Gasteiger partial charge >= 0.3 is 0 Å². The van der Waals surface area contributed by atoms with Gasteiger partial charge in [0.2, 0.25) is 5.91 Å². The van der Waals surface area contributed by atoms with Crippen LogP contribution in [-0.4, -0.2) is 24.7 Å². The molecule has 0 fully saturated rings. The zero-order valence-corrected chi connectivity index (χ0v) is 14.8. The SMILES string of the molecule is COc1cc(Cl)ccc1C(=O)NNC(=O)CSc1ccccc1C. The summed E-state index contributed by atoms with van der Waals surface area (Å²) in [6.07, 6.45) is 0. The number of carbonyl (C=O) groups excluding carboxylic acids is 2. The number of methoxy groups -OCH3 is 1. The van der Waals surface area contributed by atoms with Crippen LogP contribution >= 0.6 is 23.4 Å². The average Bonchev–Trinajstić information content (AvgIpc) is 2.58. The zero-order valence-electron chi connectivity index (χ0n) is 13.3. The van der Waals surface area contributed by atoms with Crippen LogP contribution in [0.4, 0.5) is 0 Å². The van der Waals surface area contributed by atoms with Gasteiger partial charge in [0.1, 0.15) is 5.75 Å². The van der Waals surface area contributed by atoms with Crippen LogP contribution in [0.2, 0.25) is 5.02 Å². The first-order valence-corrected chi connectivity index (χ1v) is 8.48. The number of carbonyl (C=O) groups is 2. The number of benzene rings is 2. The van der Waals surface area contributed by atoms with E-state index in [0.29, 0.717) is 10.8 Å². The number of thioether (sulfide) groups is 1. The number of amides is 2. The highest BCUT2D eigenvalue weighted by Crippen LogP contribution is 2.23. The van der Waals surface area contributed by atoms with E-state index in [1.165, 1.54) is 31.0 Å². The molecule has 5 nitrogen and oxygen atoms in total. The van der Waals surface area contributed by atoms with Crippen LogP contribution < -0.4 is 15.6 Å². The molecule has 0 atom stereocenters. The van der Waals surface area contributed by atoms with Crippen LogP contribution in [0, 0.1) is 6.92 Å². The Morgan fingerprint density at radius 3 is 2.62 bits per heavy atom. The number of hydrazine groups is 1. The Balaban J connectivity index is 1.87. The van der Waals surface area contributed by atoms with Gasteiger partial charge in [0, 0.05) is 9.92 Å².